The molecule has 1 aromatic heterocycles. The second-order valence-electron chi connectivity index (χ2n) is 6.46. The molecule has 0 saturated carbocycles. The maximum atomic E-state index is 6.61. The van der Waals surface area contributed by atoms with Gasteiger partial charge in [-0.2, -0.15) is 5.10 Å². The zero-order valence-corrected chi connectivity index (χ0v) is 13.9. The summed E-state index contributed by atoms with van der Waals surface area (Å²) in [4.78, 5) is 0. The van der Waals surface area contributed by atoms with Crippen molar-refractivity contribution >= 4 is 0 Å². The van der Waals surface area contributed by atoms with E-state index in [0.29, 0.717) is 6.04 Å². The predicted octanol–water partition coefficient (Wildman–Crippen LogP) is 3.89. The van der Waals surface area contributed by atoms with Crippen LogP contribution in [0, 0.1) is 13.8 Å². The summed E-state index contributed by atoms with van der Waals surface area (Å²) in [6, 6.07) is 8.99. The van der Waals surface area contributed by atoms with E-state index in [1.165, 1.54) is 16.7 Å². The normalized spacial score (nSPS) is 15.7. The van der Waals surface area contributed by atoms with E-state index in [9.17, 15) is 0 Å². The summed E-state index contributed by atoms with van der Waals surface area (Å²) < 4.78 is 2.04. The molecule has 0 amide bonds. The third-order valence-corrected chi connectivity index (χ3v) is 4.26. The zero-order valence-electron chi connectivity index (χ0n) is 13.9. The van der Waals surface area contributed by atoms with Crippen molar-refractivity contribution in [3.8, 4) is 0 Å². The van der Waals surface area contributed by atoms with Crippen molar-refractivity contribution in [1.29, 1.82) is 0 Å². The number of nitrogens with zero attached hydrogens (tertiary/aromatic N) is 2. The Balaban J connectivity index is 2.24. The molecular weight excluding hydrogens is 258 g/mol. The van der Waals surface area contributed by atoms with Crippen LogP contribution in [0.1, 0.15) is 55.6 Å². The molecule has 0 aliphatic heterocycles. The molecule has 3 nitrogen and oxygen atoms in total. The average molecular weight is 285 g/mol. The van der Waals surface area contributed by atoms with Gasteiger partial charge >= 0.3 is 0 Å². The minimum absolute atomic E-state index is 0.398. The van der Waals surface area contributed by atoms with Gasteiger partial charge < -0.3 is 5.73 Å². The predicted molar refractivity (Wildman–Crippen MR) is 88.4 cm³/mol. The van der Waals surface area contributed by atoms with Crippen molar-refractivity contribution in [1.82, 2.24) is 9.78 Å². The molecule has 3 heteroatoms. The summed E-state index contributed by atoms with van der Waals surface area (Å²) in [6.45, 7) is 10.7. The topological polar surface area (TPSA) is 43.8 Å². The van der Waals surface area contributed by atoms with Crippen LogP contribution in [0.3, 0.4) is 0 Å². The second kappa shape index (κ2) is 6.02. The van der Waals surface area contributed by atoms with Crippen LogP contribution < -0.4 is 5.73 Å². The van der Waals surface area contributed by atoms with Crippen molar-refractivity contribution in [2.45, 2.75) is 59.0 Å². The lowest BCUT2D eigenvalue weighted by Crippen LogP contribution is -2.36. The fraction of sp³-hybridized carbons (Fsp3) is 0.500. The first-order valence-corrected chi connectivity index (χ1v) is 7.74. The van der Waals surface area contributed by atoms with Crippen molar-refractivity contribution in [2.75, 3.05) is 0 Å². The van der Waals surface area contributed by atoms with Crippen molar-refractivity contribution in [3.63, 3.8) is 0 Å². The lowest BCUT2D eigenvalue weighted by molar-refractivity contribution is 0.450. The minimum Gasteiger partial charge on any atom is -0.321 e. The second-order valence-corrected chi connectivity index (χ2v) is 6.46. The van der Waals surface area contributed by atoms with Gasteiger partial charge in [0.15, 0.2) is 0 Å². The molecule has 2 aromatic rings. The van der Waals surface area contributed by atoms with Crippen molar-refractivity contribution in [3.05, 3.63) is 52.8 Å². The smallest absolute Gasteiger partial charge is 0.0646 e. The highest BCUT2D eigenvalue weighted by molar-refractivity contribution is 5.36. The van der Waals surface area contributed by atoms with Gasteiger partial charge in [-0.1, -0.05) is 30.7 Å². The summed E-state index contributed by atoms with van der Waals surface area (Å²) in [5.74, 6) is 0. The first-order valence-electron chi connectivity index (χ1n) is 7.74. The molecule has 114 valence electrons. The lowest BCUT2D eigenvalue weighted by atomic mass is 9.85. The molecule has 21 heavy (non-hydrogen) atoms. The van der Waals surface area contributed by atoms with Crippen LogP contribution in [0.2, 0.25) is 0 Å². The maximum absolute atomic E-state index is 6.61. The van der Waals surface area contributed by atoms with Crippen LogP contribution in [0.4, 0.5) is 0 Å². The molecule has 0 aliphatic rings. The van der Waals surface area contributed by atoms with Gasteiger partial charge in [0.05, 0.1) is 5.69 Å². The highest BCUT2D eigenvalue weighted by Crippen LogP contribution is 2.26. The van der Waals surface area contributed by atoms with Crippen LogP contribution in [0.15, 0.2) is 30.5 Å². The third kappa shape index (κ3) is 3.53. The van der Waals surface area contributed by atoms with Gasteiger partial charge in [-0.15, -0.1) is 0 Å². The number of rotatable bonds is 5. The Morgan fingerprint density at radius 1 is 1.29 bits per heavy atom. The van der Waals surface area contributed by atoms with E-state index in [4.69, 9.17) is 5.73 Å². The third-order valence-electron chi connectivity index (χ3n) is 4.26. The number of hydrogen-bond acceptors (Lipinski definition) is 2. The molecule has 0 fully saturated rings. The van der Waals surface area contributed by atoms with E-state index in [1.54, 1.807) is 0 Å². The van der Waals surface area contributed by atoms with Gasteiger partial charge in [0, 0.05) is 24.2 Å². The summed E-state index contributed by atoms with van der Waals surface area (Å²) in [5.41, 5.74) is 11.0. The van der Waals surface area contributed by atoms with E-state index >= 15 is 0 Å². The average Bonchev–Trinajstić information content (AvgIpc) is 2.88. The first-order chi connectivity index (χ1) is 9.83. The number of hydrogen-bond donors (Lipinski definition) is 1. The van der Waals surface area contributed by atoms with Crippen LogP contribution in [0.25, 0.3) is 0 Å². The van der Waals surface area contributed by atoms with Gasteiger partial charge in [0.2, 0.25) is 0 Å². The van der Waals surface area contributed by atoms with Gasteiger partial charge in [-0.25, -0.2) is 0 Å². The summed E-state index contributed by atoms with van der Waals surface area (Å²) >= 11 is 0. The van der Waals surface area contributed by atoms with Gasteiger partial charge in [0.1, 0.15) is 0 Å². The fourth-order valence-corrected chi connectivity index (χ4v) is 2.73. The van der Waals surface area contributed by atoms with Crippen LogP contribution in [-0.2, 0) is 12.0 Å². The Bertz CT molecular complexity index is 611. The Hall–Kier alpha value is -1.61. The maximum Gasteiger partial charge on any atom is 0.0646 e. The Labute approximate surface area is 128 Å². The zero-order chi connectivity index (χ0) is 15.6. The molecule has 1 heterocycles. The van der Waals surface area contributed by atoms with Gasteiger partial charge in [0.25, 0.3) is 0 Å². The van der Waals surface area contributed by atoms with Crippen LogP contribution in [0.5, 0.6) is 0 Å². The highest BCUT2D eigenvalue weighted by atomic mass is 15.3. The lowest BCUT2D eigenvalue weighted by Gasteiger charge is -2.27. The Kier molecular flexibility index (Phi) is 4.52. The van der Waals surface area contributed by atoms with Gasteiger partial charge in [-0.3, -0.25) is 4.68 Å². The molecular formula is C18H27N3. The van der Waals surface area contributed by atoms with Crippen molar-refractivity contribution in [2.24, 2.45) is 5.73 Å². The quantitative estimate of drug-likeness (QED) is 0.905. The largest absolute Gasteiger partial charge is 0.321 e. The van der Waals surface area contributed by atoms with E-state index < -0.39 is 5.54 Å². The molecule has 2 atom stereocenters. The molecule has 0 aliphatic carbocycles. The minimum atomic E-state index is -0.398. The SMILES string of the molecule is CCC(C)n1ccc(CC(C)(N)c2cc(C)ccc2C)n1. The molecule has 0 saturated heterocycles. The van der Waals surface area contributed by atoms with Gasteiger partial charge in [-0.05, 0) is 51.3 Å². The number of benzene rings is 1. The van der Waals surface area contributed by atoms with E-state index in [0.717, 1.165) is 18.5 Å². The van der Waals surface area contributed by atoms with Crippen LogP contribution in [-0.4, -0.2) is 9.78 Å². The van der Waals surface area contributed by atoms with Crippen LogP contribution >= 0.6 is 0 Å². The summed E-state index contributed by atoms with van der Waals surface area (Å²) in [7, 11) is 0. The standard InChI is InChI=1S/C18H27N3/c1-6-15(4)21-10-9-16(20-21)12-18(5,19)17-11-13(2)7-8-14(17)3/h7-11,15H,6,12,19H2,1-5H3. The molecule has 2 unspecified atom stereocenters. The monoisotopic (exact) mass is 285 g/mol. The van der Waals surface area contributed by atoms with Crippen molar-refractivity contribution < 1.29 is 0 Å². The number of aryl methyl sites for hydroxylation is 2. The molecule has 0 bridgehead atoms. The summed E-state index contributed by atoms with van der Waals surface area (Å²) in [6.07, 6.45) is 3.89. The number of nitrogens with two attached hydrogens (primary N) is 1. The first kappa shape index (κ1) is 15.8. The molecule has 0 spiro atoms. The molecule has 2 rings (SSSR count). The molecule has 1 aromatic carbocycles. The van der Waals surface area contributed by atoms with E-state index in [2.05, 4.69) is 70.2 Å². The fourth-order valence-electron chi connectivity index (χ4n) is 2.73. The number of aromatic nitrogens is 2. The summed E-state index contributed by atoms with van der Waals surface area (Å²) in [5, 5.41) is 4.68. The molecule has 0 radical (unpaired) electrons. The van der Waals surface area contributed by atoms with E-state index in [1.807, 2.05) is 4.68 Å². The highest BCUT2D eigenvalue weighted by Gasteiger charge is 2.25. The molecule has 2 N–H and O–H groups in total. The Morgan fingerprint density at radius 2 is 2.00 bits per heavy atom. The Morgan fingerprint density at radius 3 is 2.67 bits per heavy atom. The van der Waals surface area contributed by atoms with E-state index in [-0.39, 0.29) is 0 Å².